The molecule has 4 atom stereocenters. The molecule has 112 valence electrons. The number of allylic oxidation sites excluding steroid dienone is 1. The van der Waals surface area contributed by atoms with Gasteiger partial charge in [0.2, 0.25) is 11.8 Å². The number of imide groups is 1. The van der Waals surface area contributed by atoms with E-state index in [0.29, 0.717) is 18.5 Å². The van der Waals surface area contributed by atoms with Crippen LogP contribution in [0.5, 0.6) is 0 Å². The number of para-hydroxylation sites is 1. The molecular weight excluding hydrogens is 282 g/mol. The minimum Gasteiger partial charge on any atom is -0.362 e. The fourth-order valence-corrected chi connectivity index (χ4v) is 3.71. The number of nitrogens with zero attached hydrogens (tertiary/aromatic N) is 1. The largest absolute Gasteiger partial charge is 0.362 e. The van der Waals surface area contributed by atoms with E-state index in [-0.39, 0.29) is 17.7 Å². The molecule has 0 N–H and O–H groups in total. The average Bonchev–Trinajstić information content (AvgIpc) is 3.07. The SMILES string of the molecule is O=CC1CC2=CC[C@H]3C(=O)N(c4ccccc4)C(=O)[C@H]3[C@H]2O1. The summed E-state index contributed by atoms with van der Waals surface area (Å²) >= 11 is 0. The molecule has 5 heteroatoms. The minimum atomic E-state index is -0.502. The van der Waals surface area contributed by atoms with Gasteiger partial charge in [-0.3, -0.25) is 9.59 Å². The Labute approximate surface area is 127 Å². The Morgan fingerprint density at radius 3 is 2.64 bits per heavy atom. The van der Waals surface area contributed by atoms with Gasteiger partial charge in [-0.1, -0.05) is 24.3 Å². The third kappa shape index (κ3) is 1.78. The molecular formula is C17H15NO4. The number of carbonyl (C=O) groups excluding carboxylic acids is 3. The van der Waals surface area contributed by atoms with Crippen LogP contribution in [0.25, 0.3) is 0 Å². The average molecular weight is 297 g/mol. The molecule has 1 aromatic rings. The maximum atomic E-state index is 12.8. The van der Waals surface area contributed by atoms with Crippen LogP contribution in [0.3, 0.4) is 0 Å². The first-order valence-corrected chi connectivity index (χ1v) is 7.43. The molecule has 3 aliphatic rings. The predicted octanol–water partition coefficient (Wildman–Crippen LogP) is 1.48. The van der Waals surface area contributed by atoms with Gasteiger partial charge in [-0.15, -0.1) is 0 Å². The molecule has 2 amide bonds. The number of fused-ring (bicyclic) bond motifs is 3. The molecule has 2 heterocycles. The number of benzene rings is 1. The molecule has 2 saturated heterocycles. The Morgan fingerprint density at radius 1 is 1.14 bits per heavy atom. The summed E-state index contributed by atoms with van der Waals surface area (Å²) in [4.78, 5) is 37.7. The highest BCUT2D eigenvalue weighted by atomic mass is 16.5. The van der Waals surface area contributed by atoms with Crippen LogP contribution in [0.1, 0.15) is 12.8 Å². The summed E-state index contributed by atoms with van der Waals surface area (Å²) in [5.74, 6) is -1.28. The van der Waals surface area contributed by atoms with Crippen molar-refractivity contribution in [3.8, 4) is 0 Å². The maximum Gasteiger partial charge on any atom is 0.240 e. The number of hydrogen-bond acceptors (Lipinski definition) is 4. The lowest BCUT2D eigenvalue weighted by atomic mass is 9.79. The predicted molar refractivity (Wildman–Crippen MR) is 78.0 cm³/mol. The van der Waals surface area contributed by atoms with Crippen LogP contribution in [0.2, 0.25) is 0 Å². The van der Waals surface area contributed by atoms with Crippen molar-refractivity contribution in [2.24, 2.45) is 11.8 Å². The summed E-state index contributed by atoms with van der Waals surface area (Å²) in [6, 6.07) is 8.96. The zero-order chi connectivity index (χ0) is 15.3. The van der Waals surface area contributed by atoms with E-state index in [2.05, 4.69) is 0 Å². The molecule has 1 aliphatic carbocycles. The lowest BCUT2D eigenvalue weighted by molar-refractivity contribution is -0.129. The van der Waals surface area contributed by atoms with Gasteiger partial charge in [-0.25, -0.2) is 4.90 Å². The Hall–Kier alpha value is -2.27. The first-order valence-electron chi connectivity index (χ1n) is 7.43. The van der Waals surface area contributed by atoms with Gasteiger partial charge in [0.1, 0.15) is 12.4 Å². The highest BCUT2D eigenvalue weighted by Gasteiger charge is 2.55. The lowest BCUT2D eigenvalue weighted by Crippen LogP contribution is -2.36. The summed E-state index contributed by atoms with van der Waals surface area (Å²) in [5, 5.41) is 0. The van der Waals surface area contributed by atoms with E-state index in [1.165, 1.54) is 4.90 Å². The smallest absolute Gasteiger partial charge is 0.240 e. The van der Waals surface area contributed by atoms with Crippen LogP contribution >= 0.6 is 0 Å². The summed E-state index contributed by atoms with van der Waals surface area (Å²) in [6.07, 6.45) is 2.88. The van der Waals surface area contributed by atoms with Crippen molar-refractivity contribution >= 4 is 23.8 Å². The van der Waals surface area contributed by atoms with Crippen LogP contribution < -0.4 is 4.90 Å². The first-order chi connectivity index (χ1) is 10.7. The molecule has 0 aromatic heterocycles. The minimum absolute atomic E-state index is 0.172. The van der Waals surface area contributed by atoms with Crippen molar-refractivity contribution in [1.29, 1.82) is 0 Å². The molecule has 1 unspecified atom stereocenters. The molecule has 2 fully saturated rings. The van der Waals surface area contributed by atoms with Gasteiger partial charge in [0, 0.05) is 6.42 Å². The number of ether oxygens (including phenoxy) is 1. The van der Waals surface area contributed by atoms with Gasteiger partial charge in [-0.05, 0) is 24.1 Å². The number of anilines is 1. The van der Waals surface area contributed by atoms with Crippen molar-refractivity contribution in [3.63, 3.8) is 0 Å². The van der Waals surface area contributed by atoms with Gasteiger partial charge in [-0.2, -0.15) is 0 Å². The highest BCUT2D eigenvalue weighted by molar-refractivity contribution is 6.22. The molecule has 0 spiro atoms. The number of aldehydes is 1. The maximum absolute atomic E-state index is 12.8. The second kappa shape index (κ2) is 4.88. The molecule has 4 rings (SSSR count). The Balaban J connectivity index is 1.70. The molecule has 0 saturated carbocycles. The Morgan fingerprint density at radius 2 is 1.91 bits per heavy atom. The fourth-order valence-electron chi connectivity index (χ4n) is 3.71. The number of rotatable bonds is 2. The zero-order valence-corrected chi connectivity index (χ0v) is 11.8. The summed E-state index contributed by atoms with van der Waals surface area (Å²) in [5.41, 5.74) is 1.58. The summed E-state index contributed by atoms with van der Waals surface area (Å²) < 4.78 is 5.70. The standard InChI is InChI=1S/C17H15NO4/c19-9-12-8-10-6-7-13-14(15(10)22-12)17(21)18(16(13)20)11-4-2-1-3-5-11/h1-6,9,12-15H,7-8H2/t12?,13-,14-,15+/m1/s1. The summed E-state index contributed by atoms with van der Waals surface area (Å²) in [7, 11) is 0. The van der Waals surface area contributed by atoms with E-state index in [1.54, 1.807) is 24.3 Å². The van der Waals surface area contributed by atoms with Gasteiger partial charge in [0.25, 0.3) is 0 Å². The molecule has 2 aliphatic heterocycles. The van der Waals surface area contributed by atoms with E-state index < -0.39 is 18.1 Å². The van der Waals surface area contributed by atoms with Gasteiger partial charge in [0.05, 0.1) is 23.6 Å². The second-order valence-electron chi connectivity index (χ2n) is 5.93. The van der Waals surface area contributed by atoms with Crippen molar-refractivity contribution in [1.82, 2.24) is 0 Å². The Kier molecular flexibility index (Phi) is 2.97. The van der Waals surface area contributed by atoms with Crippen LogP contribution in [-0.2, 0) is 19.1 Å². The van der Waals surface area contributed by atoms with Crippen molar-refractivity contribution in [3.05, 3.63) is 42.0 Å². The monoisotopic (exact) mass is 297 g/mol. The van der Waals surface area contributed by atoms with Crippen LogP contribution in [-0.4, -0.2) is 30.3 Å². The number of carbonyl (C=O) groups is 3. The zero-order valence-electron chi connectivity index (χ0n) is 11.8. The molecule has 1 aromatic carbocycles. The molecule has 0 radical (unpaired) electrons. The molecule has 5 nitrogen and oxygen atoms in total. The van der Waals surface area contributed by atoms with E-state index in [4.69, 9.17) is 4.74 Å². The third-order valence-corrected chi connectivity index (χ3v) is 4.73. The van der Waals surface area contributed by atoms with E-state index in [0.717, 1.165) is 11.9 Å². The van der Waals surface area contributed by atoms with E-state index in [9.17, 15) is 14.4 Å². The Bertz CT molecular complexity index is 681. The fraction of sp³-hybridized carbons (Fsp3) is 0.353. The van der Waals surface area contributed by atoms with Gasteiger partial charge >= 0.3 is 0 Å². The molecule has 0 bridgehead atoms. The van der Waals surface area contributed by atoms with Crippen LogP contribution in [0.15, 0.2) is 42.0 Å². The highest BCUT2D eigenvalue weighted by Crippen LogP contribution is 2.45. The lowest BCUT2D eigenvalue weighted by Gasteiger charge is -2.25. The van der Waals surface area contributed by atoms with Crippen molar-refractivity contribution in [2.75, 3.05) is 4.90 Å². The topological polar surface area (TPSA) is 63.7 Å². The van der Waals surface area contributed by atoms with E-state index in [1.807, 2.05) is 12.1 Å². The van der Waals surface area contributed by atoms with Crippen LogP contribution in [0, 0.1) is 11.8 Å². The second-order valence-corrected chi connectivity index (χ2v) is 5.93. The van der Waals surface area contributed by atoms with E-state index >= 15 is 0 Å². The summed E-state index contributed by atoms with van der Waals surface area (Å²) in [6.45, 7) is 0. The third-order valence-electron chi connectivity index (χ3n) is 4.73. The van der Waals surface area contributed by atoms with Gasteiger partial charge in [0.15, 0.2) is 0 Å². The quantitative estimate of drug-likeness (QED) is 0.471. The number of hydrogen-bond donors (Lipinski definition) is 0. The first kappa shape index (κ1) is 13.4. The van der Waals surface area contributed by atoms with Gasteiger partial charge < -0.3 is 9.53 Å². The number of amides is 2. The molecule has 22 heavy (non-hydrogen) atoms. The van der Waals surface area contributed by atoms with Crippen molar-refractivity contribution in [2.45, 2.75) is 25.0 Å². The normalized spacial score (nSPS) is 33.5. The van der Waals surface area contributed by atoms with Crippen LogP contribution in [0.4, 0.5) is 5.69 Å². The van der Waals surface area contributed by atoms with Crippen molar-refractivity contribution < 1.29 is 19.1 Å².